The Kier molecular flexibility index (Phi) is 6.81. The summed E-state index contributed by atoms with van der Waals surface area (Å²) in [6.45, 7) is 0.478. The Bertz CT molecular complexity index is 438. The van der Waals surface area contributed by atoms with Gasteiger partial charge < -0.3 is 15.8 Å². The number of nitrogens with two attached hydrogens (primary N) is 1. The topological polar surface area (TPSA) is 81.4 Å². The van der Waals surface area contributed by atoms with Crippen molar-refractivity contribution in [2.45, 2.75) is 17.7 Å². The summed E-state index contributed by atoms with van der Waals surface area (Å²) in [6, 6.07) is 7.39. The molecular formula is C13H18N2O3S. The van der Waals surface area contributed by atoms with Gasteiger partial charge in [-0.3, -0.25) is 9.59 Å². The third-order valence-electron chi connectivity index (χ3n) is 2.34. The SMILES string of the molecule is COC(=O)CCCNC(=O)CSc1cccc(N)c1. The number of benzene rings is 1. The minimum absolute atomic E-state index is 0.0581. The summed E-state index contributed by atoms with van der Waals surface area (Å²) in [5.41, 5.74) is 6.33. The van der Waals surface area contributed by atoms with E-state index in [2.05, 4.69) is 10.1 Å². The third-order valence-corrected chi connectivity index (χ3v) is 3.33. The van der Waals surface area contributed by atoms with Crippen LogP contribution in [0.3, 0.4) is 0 Å². The molecule has 0 saturated carbocycles. The average Bonchev–Trinajstić information content (AvgIpc) is 2.41. The van der Waals surface area contributed by atoms with Gasteiger partial charge in [-0.2, -0.15) is 0 Å². The van der Waals surface area contributed by atoms with Crippen LogP contribution in [0.25, 0.3) is 0 Å². The van der Waals surface area contributed by atoms with Crippen LogP contribution in [0.1, 0.15) is 12.8 Å². The van der Waals surface area contributed by atoms with Gasteiger partial charge in [0, 0.05) is 23.5 Å². The van der Waals surface area contributed by atoms with Crippen molar-refractivity contribution in [2.24, 2.45) is 0 Å². The molecule has 1 rings (SSSR count). The van der Waals surface area contributed by atoms with Crippen LogP contribution in [0, 0.1) is 0 Å². The second-order valence-electron chi connectivity index (χ2n) is 3.89. The number of nitrogens with one attached hydrogen (secondary N) is 1. The Balaban J connectivity index is 2.16. The largest absolute Gasteiger partial charge is 0.469 e. The molecule has 1 aromatic carbocycles. The first-order chi connectivity index (χ1) is 9.11. The summed E-state index contributed by atoms with van der Waals surface area (Å²) in [6.07, 6.45) is 0.903. The van der Waals surface area contributed by atoms with Crippen LogP contribution < -0.4 is 11.1 Å². The lowest BCUT2D eigenvalue weighted by molar-refractivity contribution is -0.140. The fourth-order valence-corrected chi connectivity index (χ4v) is 2.16. The van der Waals surface area contributed by atoms with Crippen LogP contribution >= 0.6 is 11.8 Å². The van der Waals surface area contributed by atoms with E-state index >= 15 is 0 Å². The van der Waals surface area contributed by atoms with E-state index in [9.17, 15) is 9.59 Å². The molecule has 1 amide bonds. The molecule has 0 fully saturated rings. The van der Waals surface area contributed by atoms with Crippen LogP contribution in [-0.2, 0) is 14.3 Å². The van der Waals surface area contributed by atoms with Crippen LogP contribution in [0.15, 0.2) is 29.2 Å². The van der Waals surface area contributed by atoms with E-state index in [4.69, 9.17) is 5.73 Å². The van der Waals surface area contributed by atoms with Crippen molar-refractivity contribution in [1.82, 2.24) is 5.32 Å². The van der Waals surface area contributed by atoms with Gasteiger partial charge in [0.1, 0.15) is 0 Å². The number of rotatable bonds is 7. The number of hydrogen-bond donors (Lipinski definition) is 2. The molecular weight excluding hydrogens is 264 g/mol. The summed E-state index contributed by atoms with van der Waals surface area (Å²) in [4.78, 5) is 23.3. The van der Waals surface area contributed by atoms with Gasteiger partial charge in [0.05, 0.1) is 12.9 Å². The van der Waals surface area contributed by atoms with Gasteiger partial charge in [-0.25, -0.2) is 0 Å². The molecule has 0 unspecified atom stereocenters. The maximum Gasteiger partial charge on any atom is 0.305 e. The summed E-state index contributed by atoms with van der Waals surface area (Å²) in [5, 5.41) is 2.75. The molecule has 0 aliphatic rings. The van der Waals surface area contributed by atoms with Crippen LogP contribution in [0.4, 0.5) is 5.69 Å². The van der Waals surface area contributed by atoms with Gasteiger partial charge >= 0.3 is 5.97 Å². The molecule has 0 bridgehead atoms. The number of ether oxygens (including phenoxy) is 1. The Morgan fingerprint density at radius 1 is 1.42 bits per heavy atom. The van der Waals surface area contributed by atoms with Gasteiger partial charge in [0.25, 0.3) is 0 Å². The van der Waals surface area contributed by atoms with Crippen LogP contribution in [-0.4, -0.2) is 31.3 Å². The summed E-state index contributed by atoms with van der Waals surface area (Å²) in [5.74, 6) is 0.0162. The number of nitrogen functional groups attached to an aromatic ring is 1. The molecule has 0 saturated heterocycles. The molecule has 0 radical (unpaired) electrons. The molecule has 0 atom stereocenters. The highest BCUT2D eigenvalue weighted by Crippen LogP contribution is 2.19. The van der Waals surface area contributed by atoms with E-state index in [0.717, 1.165) is 4.90 Å². The standard InChI is InChI=1S/C13H18N2O3S/c1-18-13(17)6-3-7-15-12(16)9-19-11-5-2-4-10(14)8-11/h2,4-5,8H,3,6-7,9,14H2,1H3,(H,15,16). The van der Waals surface area contributed by atoms with Crippen molar-refractivity contribution in [3.05, 3.63) is 24.3 Å². The molecule has 0 aromatic heterocycles. The monoisotopic (exact) mass is 282 g/mol. The quantitative estimate of drug-likeness (QED) is 0.342. The summed E-state index contributed by atoms with van der Waals surface area (Å²) < 4.78 is 4.51. The highest BCUT2D eigenvalue weighted by molar-refractivity contribution is 8.00. The van der Waals surface area contributed by atoms with E-state index in [1.165, 1.54) is 18.9 Å². The van der Waals surface area contributed by atoms with Gasteiger partial charge in [-0.15, -0.1) is 11.8 Å². The molecule has 5 nitrogen and oxygen atoms in total. The Morgan fingerprint density at radius 3 is 2.89 bits per heavy atom. The molecule has 0 aliphatic heterocycles. The maximum absolute atomic E-state index is 11.5. The molecule has 0 spiro atoms. The number of thioether (sulfide) groups is 1. The molecule has 1 aromatic rings. The van der Waals surface area contributed by atoms with Gasteiger partial charge in [-0.05, 0) is 24.6 Å². The summed E-state index contributed by atoms with van der Waals surface area (Å²) in [7, 11) is 1.35. The molecule has 6 heteroatoms. The second kappa shape index (κ2) is 8.42. The Morgan fingerprint density at radius 2 is 2.21 bits per heavy atom. The first kappa shape index (κ1) is 15.4. The number of amides is 1. The zero-order chi connectivity index (χ0) is 14.1. The number of hydrogen-bond acceptors (Lipinski definition) is 5. The lowest BCUT2D eigenvalue weighted by Crippen LogP contribution is -2.26. The lowest BCUT2D eigenvalue weighted by Gasteiger charge is -2.05. The third kappa shape index (κ3) is 6.71. The molecule has 0 aliphatic carbocycles. The second-order valence-corrected chi connectivity index (χ2v) is 4.94. The lowest BCUT2D eigenvalue weighted by atomic mass is 10.3. The van der Waals surface area contributed by atoms with Gasteiger partial charge in [0.15, 0.2) is 0 Å². The zero-order valence-corrected chi connectivity index (χ0v) is 11.7. The fraction of sp³-hybridized carbons (Fsp3) is 0.385. The van der Waals surface area contributed by atoms with Crippen molar-refractivity contribution in [3.63, 3.8) is 0 Å². The van der Waals surface area contributed by atoms with E-state index in [1.54, 1.807) is 6.07 Å². The fourth-order valence-electron chi connectivity index (χ4n) is 1.37. The van der Waals surface area contributed by atoms with Crippen molar-refractivity contribution in [2.75, 3.05) is 25.1 Å². The average molecular weight is 282 g/mol. The van der Waals surface area contributed by atoms with Crippen molar-refractivity contribution < 1.29 is 14.3 Å². The minimum atomic E-state index is -0.261. The predicted octanol–water partition coefficient (Wildman–Crippen LogP) is 1.43. The highest BCUT2D eigenvalue weighted by atomic mass is 32.2. The number of esters is 1. The van der Waals surface area contributed by atoms with E-state index in [0.29, 0.717) is 30.8 Å². The molecule has 104 valence electrons. The number of anilines is 1. The van der Waals surface area contributed by atoms with Crippen LogP contribution in [0.5, 0.6) is 0 Å². The molecule has 19 heavy (non-hydrogen) atoms. The highest BCUT2D eigenvalue weighted by Gasteiger charge is 2.04. The zero-order valence-electron chi connectivity index (χ0n) is 10.8. The van der Waals surface area contributed by atoms with E-state index in [-0.39, 0.29) is 11.9 Å². The molecule has 0 heterocycles. The number of carbonyl (C=O) groups excluding carboxylic acids is 2. The van der Waals surface area contributed by atoms with Gasteiger partial charge in [0.2, 0.25) is 5.91 Å². The van der Waals surface area contributed by atoms with Crippen molar-refractivity contribution >= 4 is 29.3 Å². The van der Waals surface area contributed by atoms with Crippen molar-refractivity contribution in [1.29, 1.82) is 0 Å². The summed E-state index contributed by atoms with van der Waals surface area (Å²) >= 11 is 1.43. The normalized spacial score (nSPS) is 9.95. The van der Waals surface area contributed by atoms with Gasteiger partial charge in [-0.1, -0.05) is 6.07 Å². The minimum Gasteiger partial charge on any atom is -0.469 e. The number of carbonyl (C=O) groups is 2. The number of methoxy groups -OCH3 is 1. The van der Waals surface area contributed by atoms with Crippen LogP contribution in [0.2, 0.25) is 0 Å². The Hall–Kier alpha value is -1.69. The Labute approximate surface area is 116 Å². The smallest absolute Gasteiger partial charge is 0.305 e. The van der Waals surface area contributed by atoms with E-state index < -0.39 is 0 Å². The van der Waals surface area contributed by atoms with E-state index in [1.807, 2.05) is 18.2 Å². The maximum atomic E-state index is 11.5. The van der Waals surface area contributed by atoms with Crippen molar-refractivity contribution in [3.8, 4) is 0 Å². The first-order valence-electron chi connectivity index (χ1n) is 5.93. The predicted molar refractivity (Wildman–Crippen MR) is 75.8 cm³/mol. The molecule has 3 N–H and O–H groups in total. The first-order valence-corrected chi connectivity index (χ1v) is 6.92.